The average molecular weight is 230 g/mol. The number of nitrogen functional groups attached to an aromatic ring is 1. The number of anilines is 2. The molecule has 0 aliphatic heterocycles. The molecule has 1 aromatic heterocycles. The molecule has 0 aliphatic carbocycles. The summed E-state index contributed by atoms with van der Waals surface area (Å²) in [7, 11) is 1.77. The molecule has 0 saturated carbocycles. The molecule has 0 bridgehead atoms. The van der Waals surface area contributed by atoms with E-state index >= 15 is 0 Å². The number of nitrogens with zero attached hydrogens (tertiary/aromatic N) is 2. The second kappa shape index (κ2) is 4.29. The van der Waals surface area contributed by atoms with Crippen molar-refractivity contribution in [3.63, 3.8) is 0 Å². The van der Waals surface area contributed by atoms with Gasteiger partial charge in [0, 0.05) is 24.4 Å². The first kappa shape index (κ1) is 11.2. The van der Waals surface area contributed by atoms with Crippen molar-refractivity contribution in [1.29, 1.82) is 0 Å². The van der Waals surface area contributed by atoms with Gasteiger partial charge in [0.2, 0.25) is 0 Å². The van der Waals surface area contributed by atoms with Crippen LogP contribution < -0.4 is 11.1 Å². The van der Waals surface area contributed by atoms with Crippen molar-refractivity contribution in [3.05, 3.63) is 41.6 Å². The van der Waals surface area contributed by atoms with Gasteiger partial charge in [-0.15, -0.1) is 0 Å². The lowest BCUT2D eigenvalue weighted by Crippen LogP contribution is -2.16. The summed E-state index contributed by atoms with van der Waals surface area (Å²) in [6.45, 7) is 1.87. The molecule has 17 heavy (non-hydrogen) atoms. The Kier molecular flexibility index (Phi) is 2.82. The number of nitrogens with two attached hydrogens (primary N) is 1. The number of rotatable bonds is 2. The maximum atomic E-state index is 12.0. The fourth-order valence-corrected chi connectivity index (χ4v) is 1.56. The van der Waals surface area contributed by atoms with Crippen molar-refractivity contribution in [2.24, 2.45) is 7.05 Å². The topological polar surface area (TPSA) is 72.9 Å². The van der Waals surface area contributed by atoms with E-state index in [1.54, 1.807) is 36.1 Å². The van der Waals surface area contributed by atoms with Crippen LogP contribution in [-0.4, -0.2) is 15.7 Å². The van der Waals surface area contributed by atoms with Crippen LogP contribution in [0.4, 0.5) is 11.5 Å². The van der Waals surface area contributed by atoms with Crippen LogP contribution in [0.5, 0.6) is 0 Å². The highest BCUT2D eigenvalue weighted by molar-refractivity contribution is 6.05. The summed E-state index contributed by atoms with van der Waals surface area (Å²) in [5, 5.41) is 6.76. The molecule has 88 valence electrons. The Morgan fingerprint density at radius 2 is 2.18 bits per heavy atom. The van der Waals surface area contributed by atoms with E-state index in [-0.39, 0.29) is 5.91 Å². The first-order valence-electron chi connectivity index (χ1n) is 5.23. The lowest BCUT2D eigenvalue weighted by Gasteiger charge is -2.08. The normalized spacial score (nSPS) is 10.2. The van der Waals surface area contributed by atoms with E-state index in [4.69, 9.17) is 5.73 Å². The molecule has 5 heteroatoms. The van der Waals surface area contributed by atoms with Gasteiger partial charge in [-0.1, -0.05) is 6.07 Å². The summed E-state index contributed by atoms with van der Waals surface area (Å²) < 4.78 is 1.60. The Labute approximate surface area is 99.2 Å². The molecular weight excluding hydrogens is 216 g/mol. The molecule has 1 amide bonds. The van der Waals surface area contributed by atoms with Crippen molar-refractivity contribution in [2.75, 3.05) is 11.1 Å². The molecule has 5 nitrogen and oxygen atoms in total. The molecule has 0 aliphatic rings. The lowest BCUT2D eigenvalue weighted by atomic mass is 10.1. The van der Waals surface area contributed by atoms with Crippen LogP contribution in [0.3, 0.4) is 0 Å². The highest BCUT2D eigenvalue weighted by Crippen LogP contribution is 2.14. The second-order valence-corrected chi connectivity index (χ2v) is 3.87. The predicted octanol–water partition coefficient (Wildman–Crippen LogP) is 1.56. The fraction of sp³-hybridized carbons (Fsp3) is 0.167. The largest absolute Gasteiger partial charge is 0.399 e. The lowest BCUT2D eigenvalue weighted by molar-refractivity contribution is 0.102. The molecule has 1 aromatic carbocycles. The molecule has 0 spiro atoms. The number of aromatic nitrogens is 2. The van der Waals surface area contributed by atoms with E-state index in [0.29, 0.717) is 17.1 Å². The number of nitrogens with one attached hydrogen (secondary N) is 1. The van der Waals surface area contributed by atoms with Gasteiger partial charge in [-0.25, -0.2) is 0 Å². The van der Waals surface area contributed by atoms with Crippen molar-refractivity contribution in [3.8, 4) is 0 Å². The molecule has 1 heterocycles. The van der Waals surface area contributed by atoms with Crippen molar-refractivity contribution in [2.45, 2.75) is 6.92 Å². The first-order valence-corrected chi connectivity index (χ1v) is 5.23. The van der Waals surface area contributed by atoms with Crippen molar-refractivity contribution < 1.29 is 4.79 Å². The predicted molar refractivity (Wildman–Crippen MR) is 66.8 cm³/mol. The van der Waals surface area contributed by atoms with Crippen LogP contribution >= 0.6 is 0 Å². The Bertz CT molecular complexity index is 559. The summed E-state index contributed by atoms with van der Waals surface area (Å²) >= 11 is 0. The minimum absolute atomic E-state index is 0.182. The second-order valence-electron chi connectivity index (χ2n) is 3.87. The third-order valence-corrected chi connectivity index (χ3v) is 2.57. The summed E-state index contributed by atoms with van der Waals surface area (Å²) in [6.07, 6.45) is 1.63. The Balaban J connectivity index is 2.26. The van der Waals surface area contributed by atoms with Gasteiger partial charge < -0.3 is 11.1 Å². The molecule has 0 saturated heterocycles. The number of hydrogen-bond donors (Lipinski definition) is 2. The number of amides is 1. The van der Waals surface area contributed by atoms with Crippen molar-refractivity contribution >= 4 is 17.4 Å². The first-order chi connectivity index (χ1) is 8.08. The van der Waals surface area contributed by atoms with Gasteiger partial charge in [0.1, 0.15) is 5.82 Å². The summed E-state index contributed by atoms with van der Waals surface area (Å²) in [5.41, 5.74) is 7.71. The molecule has 0 unspecified atom stereocenters. The Morgan fingerprint density at radius 1 is 1.41 bits per heavy atom. The third-order valence-electron chi connectivity index (χ3n) is 2.57. The number of hydrogen-bond acceptors (Lipinski definition) is 3. The van der Waals surface area contributed by atoms with Crippen LogP contribution in [0.15, 0.2) is 30.5 Å². The van der Waals surface area contributed by atoms with Gasteiger partial charge in [0.15, 0.2) is 0 Å². The summed E-state index contributed by atoms with van der Waals surface area (Å²) in [5.74, 6) is 0.468. The maximum Gasteiger partial charge on any atom is 0.257 e. The van der Waals surface area contributed by atoms with E-state index in [1.807, 2.05) is 13.0 Å². The number of carbonyl (C=O) groups excluding carboxylic acids is 1. The zero-order valence-electron chi connectivity index (χ0n) is 9.77. The third kappa shape index (κ3) is 2.28. The van der Waals surface area contributed by atoms with Crippen LogP contribution in [0, 0.1) is 6.92 Å². The van der Waals surface area contributed by atoms with E-state index < -0.39 is 0 Å². The zero-order chi connectivity index (χ0) is 12.4. The minimum Gasteiger partial charge on any atom is -0.399 e. The molecule has 2 rings (SSSR count). The Morgan fingerprint density at radius 3 is 2.82 bits per heavy atom. The molecular formula is C12H14N4O. The fourth-order valence-electron chi connectivity index (χ4n) is 1.56. The monoisotopic (exact) mass is 230 g/mol. The van der Waals surface area contributed by atoms with Gasteiger partial charge in [-0.2, -0.15) is 5.10 Å². The highest BCUT2D eigenvalue weighted by Gasteiger charge is 2.11. The van der Waals surface area contributed by atoms with E-state index in [0.717, 1.165) is 5.56 Å². The van der Waals surface area contributed by atoms with Crippen LogP contribution in [-0.2, 0) is 7.05 Å². The van der Waals surface area contributed by atoms with E-state index in [1.165, 1.54) is 0 Å². The SMILES string of the molecule is Cc1ccc(N)cc1C(=O)Nc1ccnn1C. The standard InChI is InChI=1S/C12H14N4O/c1-8-3-4-9(13)7-10(8)12(17)15-11-5-6-14-16(11)2/h3-7H,13H2,1-2H3,(H,15,17). The summed E-state index contributed by atoms with van der Waals surface area (Å²) in [6, 6.07) is 7.00. The maximum absolute atomic E-state index is 12.0. The van der Waals surface area contributed by atoms with Gasteiger partial charge >= 0.3 is 0 Å². The molecule has 3 N–H and O–H groups in total. The summed E-state index contributed by atoms with van der Waals surface area (Å²) in [4.78, 5) is 12.0. The van der Waals surface area contributed by atoms with Crippen LogP contribution in [0.25, 0.3) is 0 Å². The van der Waals surface area contributed by atoms with Crippen LogP contribution in [0.2, 0.25) is 0 Å². The molecule has 0 atom stereocenters. The quantitative estimate of drug-likeness (QED) is 0.769. The number of aryl methyl sites for hydroxylation is 2. The van der Waals surface area contributed by atoms with Gasteiger partial charge in [0.05, 0.1) is 6.20 Å². The van der Waals surface area contributed by atoms with Gasteiger partial charge in [0.25, 0.3) is 5.91 Å². The Hall–Kier alpha value is -2.30. The molecule has 2 aromatic rings. The average Bonchev–Trinajstić information content (AvgIpc) is 2.68. The zero-order valence-corrected chi connectivity index (χ0v) is 9.77. The van der Waals surface area contributed by atoms with E-state index in [9.17, 15) is 4.79 Å². The van der Waals surface area contributed by atoms with Crippen molar-refractivity contribution in [1.82, 2.24) is 9.78 Å². The number of benzene rings is 1. The van der Waals surface area contributed by atoms with Gasteiger partial charge in [-0.05, 0) is 24.6 Å². The molecule has 0 fully saturated rings. The number of carbonyl (C=O) groups is 1. The van der Waals surface area contributed by atoms with E-state index in [2.05, 4.69) is 10.4 Å². The molecule has 0 radical (unpaired) electrons. The highest BCUT2D eigenvalue weighted by atomic mass is 16.1. The smallest absolute Gasteiger partial charge is 0.257 e. The minimum atomic E-state index is -0.182. The van der Waals surface area contributed by atoms with Crippen LogP contribution in [0.1, 0.15) is 15.9 Å². The van der Waals surface area contributed by atoms with Gasteiger partial charge in [-0.3, -0.25) is 9.48 Å².